The Hall–Kier alpha value is -2.41. The SMILES string of the molecule is CCNC(=NCCS(=O)Cc1ccccc1)N1CCN(c2ccc(F)cc2)CC1. The molecule has 0 spiro atoms. The van der Waals surface area contributed by atoms with Crippen molar-refractivity contribution in [2.24, 2.45) is 4.99 Å². The molecule has 1 fully saturated rings. The summed E-state index contributed by atoms with van der Waals surface area (Å²) in [4.78, 5) is 9.20. The summed E-state index contributed by atoms with van der Waals surface area (Å²) in [6, 6.07) is 16.6. The summed E-state index contributed by atoms with van der Waals surface area (Å²) in [5.74, 6) is 1.80. The Labute approximate surface area is 175 Å². The van der Waals surface area contributed by atoms with Crippen LogP contribution in [0, 0.1) is 5.82 Å². The Morgan fingerprint density at radius 1 is 1.07 bits per heavy atom. The van der Waals surface area contributed by atoms with E-state index in [1.807, 2.05) is 42.5 Å². The number of guanidine groups is 1. The Balaban J connectivity index is 1.50. The second-order valence-corrected chi connectivity index (χ2v) is 8.54. The molecule has 2 aromatic rings. The number of benzene rings is 2. The zero-order valence-corrected chi connectivity index (χ0v) is 17.7. The van der Waals surface area contributed by atoms with E-state index in [0.29, 0.717) is 18.1 Å². The van der Waals surface area contributed by atoms with Crippen LogP contribution in [0.15, 0.2) is 59.6 Å². The van der Waals surface area contributed by atoms with E-state index in [9.17, 15) is 8.60 Å². The average Bonchev–Trinajstić information content (AvgIpc) is 2.74. The lowest BCUT2D eigenvalue weighted by molar-refractivity contribution is 0.373. The van der Waals surface area contributed by atoms with E-state index in [1.54, 1.807) is 0 Å². The van der Waals surface area contributed by atoms with Gasteiger partial charge in [0.1, 0.15) is 5.82 Å². The van der Waals surface area contributed by atoms with Crippen molar-refractivity contribution in [3.05, 3.63) is 66.0 Å². The number of nitrogens with zero attached hydrogens (tertiary/aromatic N) is 3. The minimum atomic E-state index is -0.921. The van der Waals surface area contributed by atoms with Gasteiger partial charge in [0.05, 0.1) is 6.54 Å². The van der Waals surface area contributed by atoms with Crippen LogP contribution in [0.1, 0.15) is 12.5 Å². The number of hydrogen-bond donors (Lipinski definition) is 1. The molecule has 7 heteroatoms. The zero-order valence-electron chi connectivity index (χ0n) is 16.9. The first kappa shape index (κ1) is 21.3. The van der Waals surface area contributed by atoms with Crippen LogP contribution in [0.2, 0.25) is 0 Å². The van der Waals surface area contributed by atoms with Crippen molar-refractivity contribution >= 4 is 22.4 Å². The standard InChI is InChI=1S/C22H29FN4OS/c1-2-24-22(25-12-17-29(28)18-19-6-4-3-5-7-19)27-15-13-26(14-16-27)21-10-8-20(23)9-11-21/h3-11H,2,12-18H2,1H3,(H,24,25). The number of nitrogens with one attached hydrogen (secondary N) is 1. The number of aliphatic imine (C=N–C) groups is 1. The van der Waals surface area contributed by atoms with Crippen molar-refractivity contribution in [1.82, 2.24) is 10.2 Å². The summed E-state index contributed by atoms with van der Waals surface area (Å²) < 4.78 is 25.5. The Morgan fingerprint density at radius 3 is 2.41 bits per heavy atom. The molecule has 0 saturated carbocycles. The van der Waals surface area contributed by atoms with Crippen LogP contribution in [-0.4, -0.2) is 60.1 Å². The quantitative estimate of drug-likeness (QED) is 0.557. The highest BCUT2D eigenvalue weighted by molar-refractivity contribution is 7.84. The van der Waals surface area contributed by atoms with Crippen LogP contribution in [0.25, 0.3) is 0 Å². The molecule has 156 valence electrons. The highest BCUT2D eigenvalue weighted by Crippen LogP contribution is 2.17. The molecular formula is C22H29FN4OS. The molecule has 1 atom stereocenters. The molecule has 1 heterocycles. The molecule has 1 aliphatic rings. The summed E-state index contributed by atoms with van der Waals surface area (Å²) >= 11 is 0. The first-order chi connectivity index (χ1) is 14.2. The Bertz CT molecular complexity index is 805. The molecule has 0 amide bonds. The van der Waals surface area contributed by atoms with Gasteiger partial charge in [-0.25, -0.2) is 4.39 Å². The zero-order chi connectivity index (χ0) is 20.5. The van der Waals surface area contributed by atoms with E-state index in [-0.39, 0.29) is 5.82 Å². The largest absolute Gasteiger partial charge is 0.368 e. The molecule has 0 aliphatic carbocycles. The van der Waals surface area contributed by atoms with Gasteiger partial charge in [0, 0.05) is 60.7 Å². The Kier molecular flexibility index (Phi) is 8.04. The van der Waals surface area contributed by atoms with Gasteiger partial charge >= 0.3 is 0 Å². The van der Waals surface area contributed by atoms with Gasteiger partial charge < -0.3 is 15.1 Å². The summed E-state index contributed by atoms with van der Waals surface area (Å²) in [5.41, 5.74) is 2.14. The van der Waals surface area contributed by atoms with E-state index < -0.39 is 10.8 Å². The first-order valence-electron chi connectivity index (χ1n) is 10.1. The minimum absolute atomic E-state index is 0.210. The fourth-order valence-corrected chi connectivity index (χ4v) is 4.34. The monoisotopic (exact) mass is 416 g/mol. The number of halogens is 1. The molecule has 0 bridgehead atoms. The average molecular weight is 417 g/mol. The third-order valence-electron chi connectivity index (χ3n) is 4.86. The third kappa shape index (κ3) is 6.56. The van der Waals surface area contributed by atoms with E-state index >= 15 is 0 Å². The van der Waals surface area contributed by atoms with Crippen LogP contribution < -0.4 is 10.2 Å². The Morgan fingerprint density at radius 2 is 1.76 bits per heavy atom. The van der Waals surface area contributed by atoms with Crippen LogP contribution in [0.3, 0.4) is 0 Å². The second-order valence-electron chi connectivity index (χ2n) is 6.96. The van der Waals surface area contributed by atoms with Crippen molar-refractivity contribution in [2.45, 2.75) is 12.7 Å². The summed E-state index contributed by atoms with van der Waals surface area (Å²) in [5, 5.41) is 3.35. The normalized spacial score (nSPS) is 16.0. The molecule has 1 unspecified atom stereocenters. The lowest BCUT2D eigenvalue weighted by atomic mass is 10.2. The molecule has 29 heavy (non-hydrogen) atoms. The van der Waals surface area contributed by atoms with Gasteiger partial charge in [-0.2, -0.15) is 0 Å². The lowest BCUT2D eigenvalue weighted by Crippen LogP contribution is -2.52. The fourth-order valence-electron chi connectivity index (χ4n) is 3.34. The number of hydrogen-bond acceptors (Lipinski definition) is 3. The summed E-state index contributed by atoms with van der Waals surface area (Å²) in [6.07, 6.45) is 0. The number of anilines is 1. The van der Waals surface area contributed by atoms with Crippen molar-refractivity contribution in [3.63, 3.8) is 0 Å². The van der Waals surface area contributed by atoms with Gasteiger partial charge in [-0.05, 0) is 36.8 Å². The van der Waals surface area contributed by atoms with Crippen molar-refractivity contribution in [3.8, 4) is 0 Å². The van der Waals surface area contributed by atoms with E-state index in [2.05, 4.69) is 22.0 Å². The number of rotatable bonds is 7. The second kappa shape index (κ2) is 11.0. The van der Waals surface area contributed by atoms with Gasteiger partial charge in [-0.1, -0.05) is 30.3 Å². The predicted molar refractivity (Wildman–Crippen MR) is 119 cm³/mol. The van der Waals surface area contributed by atoms with E-state index in [0.717, 1.165) is 49.9 Å². The van der Waals surface area contributed by atoms with E-state index in [4.69, 9.17) is 4.99 Å². The van der Waals surface area contributed by atoms with Crippen molar-refractivity contribution in [2.75, 3.05) is 49.9 Å². The molecule has 1 N–H and O–H groups in total. The van der Waals surface area contributed by atoms with Crippen molar-refractivity contribution in [1.29, 1.82) is 0 Å². The number of piperazine rings is 1. The topological polar surface area (TPSA) is 47.9 Å². The molecule has 2 aromatic carbocycles. The maximum atomic E-state index is 13.1. The molecule has 0 aromatic heterocycles. The molecule has 5 nitrogen and oxygen atoms in total. The summed E-state index contributed by atoms with van der Waals surface area (Å²) in [6.45, 7) is 6.79. The molecular weight excluding hydrogens is 387 g/mol. The fraction of sp³-hybridized carbons (Fsp3) is 0.409. The maximum Gasteiger partial charge on any atom is 0.194 e. The molecule has 1 saturated heterocycles. The highest BCUT2D eigenvalue weighted by atomic mass is 32.2. The van der Waals surface area contributed by atoms with Crippen LogP contribution in [0.4, 0.5) is 10.1 Å². The summed E-state index contributed by atoms with van der Waals surface area (Å²) in [7, 11) is -0.921. The van der Waals surface area contributed by atoms with Crippen LogP contribution in [-0.2, 0) is 16.6 Å². The van der Waals surface area contributed by atoms with Crippen LogP contribution in [0.5, 0.6) is 0 Å². The maximum absolute atomic E-state index is 13.1. The van der Waals surface area contributed by atoms with Gasteiger partial charge in [0.15, 0.2) is 5.96 Å². The third-order valence-corrected chi connectivity index (χ3v) is 6.15. The van der Waals surface area contributed by atoms with E-state index in [1.165, 1.54) is 12.1 Å². The predicted octanol–water partition coefficient (Wildman–Crippen LogP) is 2.86. The van der Waals surface area contributed by atoms with Gasteiger partial charge in [-0.3, -0.25) is 9.20 Å². The smallest absolute Gasteiger partial charge is 0.194 e. The lowest BCUT2D eigenvalue weighted by Gasteiger charge is -2.37. The highest BCUT2D eigenvalue weighted by Gasteiger charge is 2.19. The molecule has 1 aliphatic heterocycles. The van der Waals surface area contributed by atoms with Gasteiger partial charge in [0.2, 0.25) is 0 Å². The van der Waals surface area contributed by atoms with Gasteiger partial charge in [-0.15, -0.1) is 0 Å². The van der Waals surface area contributed by atoms with Crippen molar-refractivity contribution < 1.29 is 8.60 Å². The molecule has 3 rings (SSSR count). The first-order valence-corrected chi connectivity index (χ1v) is 11.6. The van der Waals surface area contributed by atoms with Crippen LogP contribution >= 0.6 is 0 Å². The molecule has 0 radical (unpaired) electrons. The van der Waals surface area contributed by atoms with Gasteiger partial charge in [0.25, 0.3) is 0 Å². The minimum Gasteiger partial charge on any atom is -0.368 e.